The number of piperazine rings is 1. The Hall–Kier alpha value is -2.36. The van der Waals surface area contributed by atoms with Crippen molar-refractivity contribution in [2.45, 2.75) is 32.7 Å². The number of aryl methyl sites for hydroxylation is 2. The van der Waals surface area contributed by atoms with Crippen LogP contribution in [-0.4, -0.2) is 84.5 Å². The monoisotopic (exact) mass is 474 g/mol. The normalized spacial score (nSPS) is 14.8. The highest BCUT2D eigenvalue weighted by molar-refractivity contribution is 7.80. The Kier molecular flexibility index (Phi) is 10.2. The van der Waals surface area contributed by atoms with E-state index in [1.165, 1.54) is 18.8 Å². The number of anilines is 1. The second-order valence-electron chi connectivity index (χ2n) is 8.53. The summed E-state index contributed by atoms with van der Waals surface area (Å²) in [4.78, 5) is 9.07. The van der Waals surface area contributed by atoms with Crippen molar-refractivity contribution < 1.29 is 9.47 Å². The first-order valence-corrected chi connectivity index (χ1v) is 12.2. The van der Waals surface area contributed by atoms with Crippen LogP contribution in [0.4, 0.5) is 5.69 Å². The van der Waals surface area contributed by atoms with E-state index in [-0.39, 0.29) is 0 Å². The van der Waals surface area contributed by atoms with E-state index in [0.717, 1.165) is 63.4 Å². The summed E-state index contributed by atoms with van der Waals surface area (Å²) >= 11 is 5.43. The molecule has 0 unspecified atom stereocenters. The van der Waals surface area contributed by atoms with Gasteiger partial charge in [0.2, 0.25) is 0 Å². The lowest BCUT2D eigenvalue weighted by atomic mass is 10.2. The minimum absolute atomic E-state index is 0.594. The molecule has 1 fully saturated rings. The second-order valence-corrected chi connectivity index (χ2v) is 8.94. The Balaban J connectivity index is 1.34. The average molecular weight is 475 g/mol. The molecule has 1 aromatic carbocycles. The fourth-order valence-corrected chi connectivity index (χ4v) is 4.02. The molecule has 0 radical (unpaired) electrons. The SMILES string of the molecule is COc1cc(NC(=S)NCCCn2cncc2C)ccc1OCCCCN1CCN(C)CC1. The number of aromatic nitrogens is 2. The molecule has 2 aromatic rings. The molecule has 0 atom stereocenters. The van der Waals surface area contributed by atoms with Gasteiger partial charge in [-0.25, -0.2) is 4.98 Å². The average Bonchev–Trinajstić information content (AvgIpc) is 3.23. The van der Waals surface area contributed by atoms with Crippen molar-refractivity contribution in [1.82, 2.24) is 24.7 Å². The van der Waals surface area contributed by atoms with Gasteiger partial charge in [-0.15, -0.1) is 0 Å². The topological polar surface area (TPSA) is 66.8 Å². The molecule has 0 aliphatic carbocycles. The number of thiocarbonyl (C=S) groups is 1. The summed E-state index contributed by atoms with van der Waals surface area (Å²) < 4.78 is 13.6. The van der Waals surface area contributed by atoms with Crippen LogP contribution in [0.15, 0.2) is 30.7 Å². The van der Waals surface area contributed by atoms with Crippen molar-refractivity contribution in [3.05, 3.63) is 36.4 Å². The number of nitrogens with one attached hydrogen (secondary N) is 2. The molecule has 1 aliphatic rings. The number of likely N-dealkylation sites (N-methyl/N-ethyl adjacent to an activating group) is 1. The van der Waals surface area contributed by atoms with Gasteiger partial charge < -0.3 is 34.5 Å². The summed E-state index contributed by atoms with van der Waals surface area (Å²) in [6, 6.07) is 5.82. The van der Waals surface area contributed by atoms with E-state index in [1.807, 2.05) is 30.7 Å². The number of nitrogens with zero attached hydrogens (tertiary/aromatic N) is 4. The molecule has 3 rings (SSSR count). The third-order valence-corrected chi connectivity index (χ3v) is 6.17. The zero-order valence-electron chi connectivity index (χ0n) is 20.2. The van der Waals surface area contributed by atoms with Crippen molar-refractivity contribution >= 4 is 23.0 Å². The van der Waals surface area contributed by atoms with E-state index in [0.29, 0.717) is 17.5 Å². The molecule has 0 saturated carbocycles. The Morgan fingerprint density at radius 1 is 1.09 bits per heavy atom. The predicted molar refractivity (Wildman–Crippen MR) is 137 cm³/mol. The quantitative estimate of drug-likeness (QED) is 0.360. The second kappa shape index (κ2) is 13.4. The summed E-state index contributed by atoms with van der Waals surface area (Å²) in [5.41, 5.74) is 2.04. The zero-order chi connectivity index (χ0) is 23.5. The molecule has 1 saturated heterocycles. The van der Waals surface area contributed by atoms with Gasteiger partial charge in [0.1, 0.15) is 0 Å². The lowest BCUT2D eigenvalue weighted by molar-refractivity contribution is 0.149. The molecule has 9 heteroatoms. The molecule has 1 aliphatic heterocycles. The first-order chi connectivity index (χ1) is 16.0. The number of hydrogen-bond acceptors (Lipinski definition) is 6. The molecule has 0 amide bonds. The number of ether oxygens (including phenoxy) is 2. The third kappa shape index (κ3) is 8.49. The van der Waals surface area contributed by atoms with E-state index in [2.05, 4.69) is 44.0 Å². The van der Waals surface area contributed by atoms with Gasteiger partial charge in [0.15, 0.2) is 16.6 Å². The van der Waals surface area contributed by atoms with E-state index < -0.39 is 0 Å². The molecule has 2 N–H and O–H groups in total. The minimum atomic E-state index is 0.594. The fourth-order valence-electron chi connectivity index (χ4n) is 3.80. The summed E-state index contributed by atoms with van der Waals surface area (Å²) in [6.07, 6.45) is 6.86. The van der Waals surface area contributed by atoms with Crippen LogP contribution in [0.3, 0.4) is 0 Å². The maximum atomic E-state index is 5.98. The van der Waals surface area contributed by atoms with Crippen molar-refractivity contribution in [3.63, 3.8) is 0 Å². The van der Waals surface area contributed by atoms with Crippen molar-refractivity contribution in [2.75, 3.05) is 65.3 Å². The van der Waals surface area contributed by atoms with E-state index >= 15 is 0 Å². The van der Waals surface area contributed by atoms with Crippen LogP contribution >= 0.6 is 12.2 Å². The molecule has 2 heterocycles. The van der Waals surface area contributed by atoms with Gasteiger partial charge in [-0.3, -0.25) is 0 Å². The Morgan fingerprint density at radius 3 is 2.64 bits per heavy atom. The lowest BCUT2D eigenvalue weighted by Gasteiger charge is -2.32. The van der Waals surface area contributed by atoms with Gasteiger partial charge in [-0.2, -0.15) is 0 Å². The Morgan fingerprint density at radius 2 is 1.91 bits per heavy atom. The highest BCUT2D eigenvalue weighted by Crippen LogP contribution is 2.30. The van der Waals surface area contributed by atoms with E-state index in [1.54, 1.807) is 7.11 Å². The first-order valence-electron chi connectivity index (χ1n) is 11.8. The van der Waals surface area contributed by atoms with Crippen molar-refractivity contribution in [2.24, 2.45) is 0 Å². The first kappa shape index (κ1) is 25.3. The number of imidazole rings is 1. The van der Waals surface area contributed by atoms with Crippen LogP contribution in [0.1, 0.15) is 25.0 Å². The minimum Gasteiger partial charge on any atom is -0.493 e. The van der Waals surface area contributed by atoms with Gasteiger partial charge in [-0.1, -0.05) is 0 Å². The van der Waals surface area contributed by atoms with Gasteiger partial charge >= 0.3 is 0 Å². The molecular weight excluding hydrogens is 436 g/mol. The Labute approximate surface area is 203 Å². The van der Waals surface area contributed by atoms with Gasteiger partial charge in [0.05, 0.1) is 20.0 Å². The maximum absolute atomic E-state index is 5.98. The number of methoxy groups -OCH3 is 1. The number of hydrogen-bond donors (Lipinski definition) is 2. The van der Waals surface area contributed by atoms with E-state index in [9.17, 15) is 0 Å². The summed E-state index contributed by atoms with van der Waals surface area (Å²) in [6.45, 7) is 10.3. The van der Waals surface area contributed by atoms with Crippen LogP contribution in [0.5, 0.6) is 11.5 Å². The van der Waals surface area contributed by atoms with Crippen LogP contribution in [0.2, 0.25) is 0 Å². The number of benzene rings is 1. The zero-order valence-corrected chi connectivity index (χ0v) is 21.0. The molecule has 33 heavy (non-hydrogen) atoms. The molecule has 0 spiro atoms. The van der Waals surface area contributed by atoms with Crippen LogP contribution in [-0.2, 0) is 6.54 Å². The summed E-state index contributed by atoms with van der Waals surface area (Å²) in [5, 5.41) is 7.07. The summed E-state index contributed by atoms with van der Waals surface area (Å²) in [5.74, 6) is 1.47. The summed E-state index contributed by atoms with van der Waals surface area (Å²) in [7, 11) is 3.85. The number of unbranched alkanes of at least 4 members (excludes halogenated alkanes) is 1. The van der Waals surface area contributed by atoms with Crippen LogP contribution in [0.25, 0.3) is 0 Å². The predicted octanol–water partition coefficient (Wildman–Crippen LogP) is 2.98. The van der Waals surface area contributed by atoms with Crippen LogP contribution < -0.4 is 20.1 Å². The highest BCUT2D eigenvalue weighted by atomic mass is 32.1. The standard InChI is InChI=1S/C24H38N6O2S/c1-20-18-25-19-30(20)11-6-9-26-24(33)27-21-7-8-22(23(17-21)31-3)32-16-5-4-10-29-14-12-28(2)13-15-29/h7-8,17-19H,4-6,9-16H2,1-3H3,(H2,26,27,33). The molecule has 8 nitrogen and oxygen atoms in total. The molecule has 182 valence electrons. The fraction of sp³-hybridized carbons (Fsp3) is 0.583. The van der Waals surface area contributed by atoms with Gasteiger partial charge in [-0.05, 0) is 64.1 Å². The third-order valence-electron chi connectivity index (χ3n) is 5.93. The molecular formula is C24H38N6O2S. The largest absolute Gasteiger partial charge is 0.493 e. The number of rotatable bonds is 12. The smallest absolute Gasteiger partial charge is 0.170 e. The van der Waals surface area contributed by atoms with Gasteiger partial charge in [0, 0.05) is 62.9 Å². The van der Waals surface area contributed by atoms with Crippen LogP contribution in [0, 0.1) is 6.92 Å². The molecule has 1 aromatic heterocycles. The Bertz CT molecular complexity index is 866. The maximum Gasteiger partial charge on any atom is 0.170 e. The van der Waals surface area contributed by atoms with E-state index in [4.69, 9.17) is 21.7 Å². The van der Waals surface area contributed by atoms with Crippen molar-refractivity contribution in [3.8, 4) is 11.5 Å². The lowest BCUT2D eigenvalue weighted by Crippen LogP contribution is -2.44. The molecule has 0 bridgehead atoms. The highest BCUT2D eigenvalue weighted by Gasteiger charge is 2.13. The van der Waals surface area contributed by atoms with Gasteiger partial charge in [0.25, 0.3) is 0 Å². The van der Waals surface area contributed by atoms with Crippen molar-refractivity contribution in [1.29, 1.82) is 0 Å².